The van der Waals surface area contributed by atoms with Crippen LogP contribution in [0.5, 0.6) is 0 Å². The minimum absolute atomic E-state index is 0.216. The number of rotatable bonds is 2. The van der Waals surface area contributed by atoms with Gasteiger partial charge < -0.3 is 9.42 Å². The monoisotopic (exact) mass is 328 g/mol. The maximum Gasteiger partial charge on any atom is 0.433 e. The van der Waals surface area contributed by atoms with Gasteiger partial charge in [0.1, 0.15) is 17.1 Å². The van der Waals surface area contributed by atoms with Crippen molar-refractivity contribution in [3.63, 3.8) is 0 Å². The molecule has 6 nitrogen and oxygen atoms in total. The number of hydrogen-bond donors (Lipinski definition) is 0. The van der Waals surface area contributed by atoms with Crippen LogP contribution in [0.1, 0.15) is 46.5 Å². The fourth-order valence-corrected chi connectivity index (χ4v) is 2.84. The number of carbonyl (C=O) groups excluding carboxylic acids is 1. The first kappa shape index (κ1) is 15.6. The van der Waals surface area contributed by atoms with Crippen LogP contribution in [0, 0.1) is 6.92 Å². The summed E-state index contributed by atoms with van der Waals surface area (Å²) in [5.74, 6) is 0.0933. The van der Waals surface area contributed by atoms with Crippen molar-refractivity contribution in [2.75, 3.05) is 6.54 Å². The van der Waals surface area contributed by atoms with Gasteiger partial charge in [-0.1, -0.05) is 5.16 Å². The van der Waals surface area contributed by atoms with E-state index in [2.05, 4.69) is 10.3 Å². The second-order valence-electron chi connectivity index (χ2n) is 5.56. The maximum atomic E-state index is 12.8. The predicted octanol–water partition coefficient (Wildman–Crippen LogP) is 2.71. The van der Waals surface area contributed by atoms with E-state index >= 15 is 0 Å². The summed E-state index contributed by atoms with van der Waals surface area (Å²) in [7, 11) is 1.17. The van der Waals surface area contributed by atoms with Gasteiger partial charge in [-0.25, -0.2) is 0 Å². The quantitative estimate of drug-likeness (QED) is 0.850. The smallest absolute Gasteiger partial charge is 0.361 e. The van der Waals surface area contributed by atoms with Gasteiger partial charge in [0.15, 0.2) is 5.69 Å². The average molecular weight is 328 g/mol. The number of aromatic nitrogens is 3. The highest BCUT2D eigenvalue weighted by Crippen LogP contribution is 2.34. The molecule has 3 heterocycles. The lowest BCUT2D eigenvalue weighted by molar-refractivity contribution is -0.143. The van der Waals surface area contributed by atoms with Gasteiger partial charge in [-0.05, 0) is 19.8 Å². The van der Waals surface area contributed by atoms with Crippen molar-refractivity contribution in [3.8, 4) is 0 Å². The number of carbonyl (C=O) groups is 1. The normalized spacial score (nSPS) is 18.7. The molecule has 2 aromatic heterocycles. The summed E-state index contributed by atoms with van der Waals surface area (Å²) in [6, 6.07) is 2.22. The summed E-state index contributed by atoms with van der Waals surface area (Å²) in [4.78, 5) is 14.1. The molecule has 3 rings (SSSR count). The Bertz CT molecular complexity index is 735. The summed E-state index contributed by atoms with van der Waals surface area (Å²) in [5.41, 5.74) is -0.554. The largest absolute Gasteiger partial charge is 0.433 e. The molecular weight excluding hydrogens is 313 g/mol. The molecule has 1 saturated heterocycles. The highest BCUT2D eigenvalue weighted by Gasteiger charge is 2.38. The molecule has 23 heavy (non-hydrogen) atoms. The number of halogens is 3. The van der Waals surface area contributed by atoms with Gasteiger partial charge in [0.05, 0.1) is 6.04 Å². The van der Waals surface area contributed by atoms with E-state index in [1.54, 1.807) is 13.0 Å². The summed E-state index contributed by atoms with van der Waals surface area (Å²) >= 11 is 0. The maximum absolute atomic E-state index is 12.8. The molecule has 124 valence electrons. The van der Waals surface area contributed by atoms with Crippen LogP contribution in [-0.2, 0) is 13.2 Å². The van der Waals surface area contributed by atoms with E-state index in [9.17, 15) is 18.0 Å². The van der Waals surface area contributed by atoms with Crippen molar-refractivity contribution in [1.29, 1.82) is 0 Å². The molecule has 2 aromatic rings. The zero-order chi connectivity index (χ0) is 16.8. The van der Waals surface area contributed by atoms with Crippen molar-refractivity contribution in [2.45, 2.75) is 32.0 Å². The van der Waals surface area contributed by atoms with E-state index in [1.165, 1.54) is 11.9 Å². The Labute approximate surface area is 129 Å². The Balaban J connectivity index is 1.88. The van der Waals surface area contributed by atoms with Crippen LogP contribution in [0.15, 0.2) is 16.7 Å². The number of amides is 1. The molecule has 0 bridgehead atoms. The third-order valence-corrected chi connectivity index (χ3v) is 3.89. The van der Waals surface area contributed by atoms with Gasteiger partial charge in [-0.15, -0.1) is 0 Å². The lowest BCUT2D eigenvalue weighted by atomic mass is 10.1. The number of alkyl halides is 3. The summed E-state index contributed by atoms with van der Waals surface area (Å²) < 4.78 is 44.2. The lowest BCUT2D eigenvalue weighted by Crippen LogP contribution is -2.31. The predicted molar refractivity (Wildman–Crippen MR) is 72.5 cm³/mol. The van der Waals surface area contributed by atoms with Crippen LogP contribution in [0.2, 0.25) is 0 Å². The minimum atomic E-state index is -4.55. The molecule has 0 unspecified atom stereocenters. The zero-order valence-electron chi connectivity index (χ0n) is 12.6. The second-order valence-corrected chi connectivity index (χ2v) is 5.56. The van der Waals surface area contributed by atoms with Crippen LogP contribution in [0.3, 0.4) is 0 Å². The molecule has 0 radical (unpaired) electrons. The van der Waals surface area contributed by atoms with Crippen LogP contribution >= 0.6 is 0 Å². The van der Waals surface area contributed by atoms with Gasteiger partial charge >= 0.3 is 6.18 Å². The number of aryl methyl sites for hydroxylation is 2. The molecule has 1 atom stereocenters. The SMILES string of the molecule is Cc1cc([C@H]2CCCN2C(=O)c2cc(C(F)(F)F)n(C)n2)no1. The summed E-state index contributed by atoms with van der Waals surface area (Å²) in [6.45, 7) is 2.19. The van der Waals surface area contributed by atoms with E-state index < -0.39 is 17.8 Å². The van der Waals surface area contributed by atoms with Gasteiger partial charge in [-0.2, -0.15) is 18.3 Å². The molecule has 0 aliphatic carbocycles. The molecule has 1 aliphatic rings. The van der Waals surface area contributed by atoms with Gasteiger partial charge in [0.25, 0.3) is 5.91 Å². The van der Waals surface area contributed by atoms with Gasteiger partial charge in [0, 0.05) is 25.7 Å². The Morgan fingerprint density at radius 3 is 2.70 bits per heavy atom. The van der Waals surface area contributed by atoms with Crippen molar-refractivity contribution in [3.05, 3.63) is 35.0 Å². The minimum Gasteiger partial charge on any atom is -0.361 e. The van der Waals surface area contributed by atoms with E-state index in [0.29, 0.717) is 29.1 Å². The third-order valence-electron chi connectivity index (χ3n) is 3.89. The van der Waals surface area contributed by atoms with Crippen LogP contribution in [0.25, 0.3) is 0 Å². The Kier molecular flexibility index (Phi) is 3.65. The van der Waals surface area contributed by atoms with Crippen LogP contribution < -0.4 is 0 Å². The van der Waals surface area contributed by atoms with Gasteiger partial charge in [-0.3, -0.25) is 9.48 Å². The van der Waals surface area contributed by atoms with Crippen molar-refractivity contribution in [1.82, 2.24) is 19.8 Å². The Morgan fingerprint density at radius 1 is 1.39 bits per heavy atom. The van der Waals surface area contributed by atoms with Crippen molar-refractivity contribution in [2.24, 2.45) is 7.05 Å². The fraction of sp³-hybridized carbons (Fsp3) is 0.500. The lowest BCUT2D eigenvalue weighted by Gasteiger charge is -2.21. The van der Waals surface area contributed by atoms with E-state index in [4.69, 9.17) is 4.52 Å². The topological polar surface area (TPSA) is 64.2 Å². The van der Waals surface area contributed by atoms with Gasteiger partial charge in [0.2, 0.25) is 0 Å². The number of hydrogen-bond acceptors (Lipinski definition) is 4. The molecule has 0 N–H and O–H groups in total. The molecule has 0 saturated carbocycles. The second kappa shape index (κ2) is 5.39. The van der Waals surface area contributed by atoms with Crippen LogP contribution in [0.4, 0.5) is 13.2 Å². The third kappa shape index (κ3) is 2.82. The fourth-order valence-electron chi connectivity index (χ4n) is 2.84. The highest BCUT2D eigenvalue weighted by molar-refractivity contribution is 5.93. The first-order valence-electron chi connectivity index (χ1n) is 7.13. The van der Waals surface area contributed by atoms with E-state index in [-0.39, 0.29) is 11.7 Å². The molecule has 1 fully saturated rings. The summed E-state index contributed by atoms with van der Waals surface area (Å²) in [6.07, 6.45) is -3.11. The zero-order valence-corrected chi connectivity index (χ0v) is 12.6. The Hall–Kier alpha value is -2.32. The first-order valence-corrected chi connectivity index (χ1v) is 7.13. The average Bonchev–Trinajstić information content (AvgIpc) is 3.15. The van der Waals surface area contributed by atoms with Crippen molar-refractivity contribution < 1.29 is 22.5 Å². The Morgan fingerprint density at radius 2 is 2.13 bits per heavy atom. The highest BCUT2D eigenvalue weighted by atomic mass is 19.4. The first-order chi connectivity index (χ1) is 10.8. The number of nitrogens with zero attached hydrogens (tertiary/aromatic N) is 4. The summed E-state index contributed by atoms with van der Waals surface area (Å²) in [5, 5.41) is 7.63. The molecule has 0 spiro atoms. The van der Waals surface area contributed by atoms with Crippen LogP contribution in [-0.4, -0.2) is 32.3 Å². The number of likely N-dealkylation sites (tertiary alicyclic amines) is 1. The van der Waals surface area contributed by atoms with Crippen molar-refractivity contribution >= 4 is 5.91 Å². The van der Waals surface area contributed by atoms with E-state index in [0.717, 1.165) is 12.5 Å². The van der Waals surface area contributed by atoms with E-state index in [1.807, 2.05) is 0 Å². The molecule has 1 aliphatic heterocycles. The standard InChI is InChI=1S/C14H15F3N4O2/c1-8-6-9(19-23-8)11-4-3-5-21(11)13(22)10-7-12(14(15,16)17)20(2)18-10/h6-7,11H,3-5H2,1-2H3/t11-/m1/s1. The molecule has 1 amide bonds. The molecule has 0 aromatic carbocycles. The molecule has 9 heteroatoms. The molecular formula is C14H15F3N4O2.